The fraction of sp³-hybridized carbons (Fsp3) is 0.231. The molecule has 1 amide bonds. The largest absolute Gasteiger partial charge is 0.397 e. The van der Waals surface area contributed by atoms with E-state index < -0.39 is 0 Å². The molecule has 0 atom stereocenters. The van der Waals surface area contributed by atoms with Crippen LogP contribution in [0.3, 0.4) is 0 Å². The predicted molar refractivity (Wildman–Crippen MR) is 73.7 cm³/mol. The lowest BCUT2D eigenvalue weighted by molar-refractivity contribution is 0.0777. The third kappa shape index (κ3) is 1.76. The van der Waals surface area contributed by atoms with E-state index in [1.165, 1.54) is 11.3 Å². The molecule has 3 rings (SSSR count). The zero-order chi connectivity index (χ0) is 12.5. The summed E-state index contributed by atoms with van der Waals surface area (Å²) >= 11 is 1.37. The van der Waals surface area contributed by atoms with Gasteiger partial charge in [0, 0.05) is 24.7 Å². The Labute approximate surface area is 109 Å². The third-order valence-corrected chi connectivity index (χ3v) is 4.16. The second-order valence-corrected chi connectivity index (χ2v) is 5.21. The number of hydrogen-bond donors (Lipinski definition) is 1. The maximum Gasteiger partial charge on any atom is 0.266 e. The fourth-order valence-electron chi connectivity index (χ4n) is 2.08. The Morgan fingerprint density at radius 3 is 3.06 bits per heavy atom. The summed E-state index contributed by atoms with van der Waals surface area (Å²) in [7, 11) is 0. The molecule has 1 aliphatic rings. The van der Waals surface area contributed by atoms with Crippen LogP contribution >= 0.6 is 11.3 Å². The third-order valence-electron chi connectivity index (χ3n) is 3.04. The topological polar surface area (TPSA) is 59.2 Å². The van der Waals surface area contributed by atoms with Crippen molar-refractivity contribution in [3.63, 3.8) is 0 Å². The van der Waals surface area contributed by atoms with E-state index in [-0.39, 0.29) is 5.91 Å². The summed E-state index contributed by atoms with van der Waals surface area (Å²) in [6.07, 6.45) is 6.74. The summed E-state index contributed by atoms with van der Waals surface area (Å²) in [5.74, 6) is 0.0138. The first-order chi connectivity index (χ1) is 8.77. The van der Waals surface area contributed by atoms with Crippen LogP contribution in [-0.2, 0) is 0 Å². The smallest absolute Gasteiger partial charge is 0.266 e. The molecule has 2 aromatic heterocycles. The summed E-state index contributed by atoms with van der Waals surface area (Å²) < 4.78 is 0. The first-order valence-corrected chi connectivity index (χ1v) is 6.66. The van der Waals surface area contributed by atoms with Crippen molar-refractivity contribution < 1.29 is 4.79 Å². The van der Waals surface area contributed by atoms with Crippen molar-refractivity contribution >= 4 is 33.1 Å². The maximum atomic E-state index is 12.4. The van der Waals surface area contributed by atoms with Gasteiger partial charge in [-0.1, -0.05) is 12.2 Å². The molecule has 92 valence electrons. The number of thiophene rings is 1. The van der Waals surface area contributed by atoms with E-state index in [1.807, 2.05) is 23.1 Å². The Morgan fingerprint density at radius 2 is 2.33 bits per heavy atom. The van der Waals surface area contributed by atoms with Gasteiger partial charge in [-0.3, -0.25) is 4.79 Å². The van der Waals surface area contributed by atoms with Crippen molar-refractivity contribution in [3.05, 3.63) is 35.4 Å². The van der Waals surface area contributed by atoms with Gasteiger partial charge in [-0.2, -0.15) is 0 Å². The molecular formula is C13H13N3OS. The van der Waals surface area contributed by atoms with Crippen molar-refractivity contribution in [2.45, 2.75) is 6.42 Å². The number of pyridine rings is 1. The highest BCUT2D eigenvalue weighted by Gasteiger charge is 2.22. The molecule has 0 spiro atoms. The van der Waals surface area contributed by atoms with E-state index >= 15 is 0 Å². The minimum absolute atomic E-state index is 0.0138. The lowest BCUT2D eigenvalue weighted by atomic mass is 10.2. The number of hydrogen-bond acceptors (Lipinski definition) is 4. The average Bonchev–Trinajstić information content (AvgIpc) is 2.77. The predicted octanol–water partition coefficient (Wildman–Crippen LogP) is 2.28. The number of aromatic nitrogens is 1. The van der Waals surface area contributed by atoms with Gasteiger partial charge in [0.2, 0.25) is 0 Å². The molecule has 2 aromatic rings. The summed E-state index contributed by atoms with van der Waals surface area (Å²) in [6, 6.07) is 3.74. The molecule has 0 bridgehead atoms. The van der Waals surface area contributed by atoms with Crippen molar-refractivity contribution in [1.29, 1.82) is 0 Å². The Morgan fingerprint density at radius 1 is 1.44 bits per heavy atom. The van der Waals surface area contributed by atoms with Crippen LogP contribution < -0.4 is 5.73 Å². The van der Waals surface area contributed by atoms with E-state index in [1.54, 1.807) is 6.20 Å². The summed E-state index contributed by atoms with van der Waals surface area (Å²) in [6.45, 7) is 1.43. The van der Waals surface area contributed by atoms with Gasteiger partial charge in [0.25, 0.3) is 5.91 Å². The summed E-state index contributed by atoms with van der Waals surface area (Å²) in [4.78, 5) is 19.9. The van der Waals surface area contributed by atoms with E-state index in [4.69, 9.17) is 5.73 Å². The minimum Gasteiger partial charge on any atom is -0.397 e. The zero-order valence-electron chi connectivity index (χ0n) is 9.80. The Hall–Kier alpha value is -1.88. The highest BCUT2D eigenvalue weighted by Crippen LogP contribution is 2.32. The van der Waals surface area contributed by atoms with E-state index in [0.29, 0.717) is 17.1 Å². The van der Waals surface area contributed by atoms with Gasteiger partial charge in [-0.25, -0.2) is 4.98 Å². The molecule has 18 heavy (non-hydrogen) atoms. The van der Waals surface area contributed by atoms with Crippen LogP contribution in [0.15, 0.2) is 30.5 Å². The van der Waals surface area contributed by atoms with Crippen molar-refractivity contribution in [3.8, 4) is 0 Å². The number of carbonyl (C=O) groups is 1. The zero-order valence-corrected chi connectivity index (χ0v) is 10.6. The van der Waals surface area contributed by atoms with E-state index in [0.717, 1.165) is 23.2 Å². The Balaban J connectivity index is 2.01. The van der Waals surface area contributed by atoms with Crippen LogP contribution in [0.2, 0.25) is 0 Å². The molecular weight excluding hydrogens is 246 g/mol. The van der Waals surface area contributed by atoms with Crippen molar-refractivity contribution in [2.24, 2.45) is 0 Å². The molecule has 0 aliphatic carbocycles. The van der Waals surface area contributed by atoms with Gasteiger partial charge in [0.1, 0.15) is 9.71 Å². The quantitative estimate of drug-likeness (QED) is 0.799. The van der Waals surface area contributed by atoms with Crippen molar-refractivity contribution in [1.82, 2.24) is 9.88 Å². The molecule has 0 unspecified atom stereocenters. The van der Waals surface area contributed by atoms with Gasteiger partial charge < -0.3 is 10.6 Å². The monoisotopic (exact) mass is 259 g/mol. The van der Waals surface area contributed by atoms with Gasteiger partial charge in [0.05, 0.1) is 5.69 Å². The highest BCUT2D eigenvalue weighted by atomic mass is 32.1. The fourth-order valence-corrected chi connectivity index (χ4v) is 3.11. The number of rotatable bonds is 1. The van der Waals surface area contributed by atoms with E-state index in [2.05, 4.69) is 11.1 Å². The van der Waals surface area contributed by atoms with Crippen LogP contribution in [0.1, 0.15) is 16.1 Å². The van der Waals surface area contributed by atoms with Gasteiger partial charge in [0.15, 0.2) is 0 Å². The maximum absolute atomic E-state index is 12.4. The first-order valence-electron chi connectivity index (χ1n) is 5.84. The van der Waals surface area contributed by atoms with Crippen LogP contribution in [0, 0.1) is 0 Å². The van der Waals surface area contributed by atoms with Crippen LogP contribution in [0.4, 0.5) is 5.69 Å². The number of nitrogen functional groups attached to an aromatic ring is 1. The van der Waals surface area contributed by atoms with E-state index in [9.17, 15) is 4.79 Å². The molecule has 0 aromatic carbocycles. The molecule has 0 fully saturated rings. The number of amides is 1. The van der Waals surface area contributed by atoms with Gasteiger partial charge in [-0.15, -0.1) is 11.3 Å². The van der Waals surface area contributed by atoms with Crippen LogP contribution in [0.5, 0.6) is 0 Å². The summed E-state index contributed by atoms with van der Waals surface area (Å²) in [5.41, 5.74) is 6.61. The molecule has 5 heteroatoms. The standard InChI is InChI=1S/C13H13N3OS/c14-10-9-5-4-6-15-12(9)18-11(10)13(17)16-7-2-1-3-8-16/h1-2,4-6H,3,7-8,14H2. The minimum atomic E-state index is 0.0138. The molecule has 0 saturated carbocycles. The molecule has 3 heterocycles. The molecule has 0 saturated heterocycles. The average molecular weight is 259 g/mol. The second-order valence-electron chi connectivity index (χ2n) is 4.21. The van der Waals surface area contributed by atoms with Crippen molar-refractivity contribution in [2.75, 3.05) is 18.8 Å². The number of carbonyl (C=O) groups excluding carboxylic acids is 1. The van der Waals surface area contributed by atoms with Crippen LogP contribution in [-0.4, -0.2) is 28.9 Å². The second kappa shape index (κ2) is 4.42. The molecule has 2 N–H and O–H groups in total. The number of anilines is 1. The molecule has 4 nitrogen and oxygen atoms in total. The van der Waals surface area contributed by atoms with Gasteiger partial charge in [-0.05, 0) is 18.6 Å². The first kappa shape index (κ1) is 11.2. The van der Waals surface area contributed by atoms with Gasteiger partial charge >= 0.3 is 0 Å². The number of nitrogens with zero attached hydrogens (tertiary/aromatic N) is 2. The molecule has 1 aliphatic heterocycles. The number of nitrogens with two attached hydrogens (primary N) is 1. The number of fused-ring (bicyclic) bond motifs is 1. The molecule has 0 radical (unpaired) electrons. The highest BCUT2D eigenvalue weighted by molar-refractivity contribution is 7.21. The summed E-state index contributed by atoms with van der Waals surface area (Å²) in [5, 5.41) is 0.874. The Bertz CT molecular complexity index is 632. The normalized spacial score (nSPS) is 15.2. The van der Waals surface area contributed by atoms with Crippen LogP contribution in [0.25, 0.3) is 10.2 Å². The Kier molecular flexibility index (Phi) is 2.76. The lowest BCUT2D eigenvalue weighted by Gasteiger charge is -2.22. The lowest BCUT2D eigenvalue weighted by Crippen LogP contribution is -2.33. The SMILES string of the molecule is Nc1c(C(=O)N2CC=CCC2)sc2ncccc12.